The van der Waals surface area contributed by atoms with Gasteiger partial charge in [-0.2, -0.15) is 0 Å². The Kier molecular flexibility index (Phi) is 4.06. The molecule has 1 aromatic carbocycles. The molecule has 0 N–H and O–H groups in total. The van der Waals surface area contributed by atoms with E-state index in [1.54, 1.807) is 0 Å². The number of aryl methyl sites for hydroxylation is 1. The van der Waals surface area contributed by atoms with Gasteiger partial charge in [-0.15, -0.1) is 0 Å². The van der Waals surface area contributed by atoms with Gasteiger partial charge in [0, 0.05) is 0 Å². The van der Waals surface area contributed by atoms with Crippen molar-refractivity contribution >= 4 is 5.97 Å². The maximum absolute atomic E-state index is 12.5. The minimum atomic E-state index is -0.337. The molecular weight excluding hydrogens is 284 g/mol. The Balaban J connectivity index is 2.06. The molecule has 0 spiro atoms. The molecule has 2 heteroatoms. The fourth-order valence-electron chi connectivity index (χ4n) is 5.35. The third-order valence-electron chi connectivity index (χ3n) is 6.70. The molecule has 2 nitrogen and oxygen atoms in total. The van der Waals surface area contributed by atoms with E-state index in [0.29, 0.717) is 11.8 Å². The molecule has 1 aromatic rings. The monoisotopic (exact) mass is 314 g/mol. The van der Waals surface area contributed by atoms with E-state index in [9.17, 15) is 4.79 Å². The average Bonchev–Trinajstić information content (AvgIpc) is 2.53. The first-order valence-electron chi connectivity index (χ1n) is 9.04. The summed E-state index contributed by atoms with van der Waals surface area (Å²) >= 11 is 0. The van der Waals surface area contributed by atoms with Gasteiger partial charge in [0.05, 0.1) is 12.5 Å². The minimum Gasteiger partial charge on any atom is -0.469 e. The number of benzene rings is 1. The van der Waals surface area contributed by atoms with Gasteiger partial charge in [0.2, 0.25) is 0 Å². The quantitative estimate of drug-likeness (QED) is 0.719. The predicted molar refractivity (Wildman–Crippen MR) is 93.7 cm³/mol. The summed E-state index contributed by atoms with van der Waals surface area (Å²) in [5, 5.41) is 0. The number of esters is 1. The van der Waals surface area contributed by atoms with E-state index in [1.165, 1.54) is 30.2 Å². The summed E-state index contributed by atoms with van der Waals surface area (Å²) in [7, 11) is 1.53. The molecule has 3 rings (SSSR count). The van der Waals surface area contributed by atoms with Crippen LogP contribution in [0.5, 0.6) is 0 Å². The number of methoxy groups -OCH3 is 1. The zero-order valence-corrected chi connectivity index (χ0v) is 15.2. The zero-order chi connectivity index (χ0) is 16.8. The van der Waals surface area contributed by atoms with E-state index in [1.807, 2.05) is 0 Å². The number of rotatable bonds is 2. The normalized spacial score (nSPS) is 33.0. The molecule has 1 unspecified atom stereocenters. The second-order valence-electron chi connectivity index (χ2n) is 8.34. The predicted octanol–water partition coefficient (Wildman–Crippen LogP) is 4.99. The first kappa shape index (κ1) is 16.5. The molecule has 2 aliphatic carbocycles. The number of ether oxygens (including phenoxy) is 1. The second-order valence-corrected chi connectivity index (χ2v) is 8.34. The van der Waals surface area contributed by atoms with Crippen LogP contribution in [0.1, 0.15) is 76.0 Å². The van der Waals surface area contributed by atoms with E-state index in [0.717, 1.165) is 25.7 Å². The van der Waals surface area contributed by atoms with Gasteiger partial charge in [-0.1, -0.05) is 45.4 Å². The molecule has 0 amide bonds. The molecule has 0 bridgehead atoms. The summed E-state index contributed by atoms with van der Waals surface area (Å²) in [4.78, 5) is 12.5. The Bertz CT molecular complexity index is 618. The van der Waals surface area contributed by atoms with Crippen LogP contribution in [0, 0.1) is 11.3 Å². The molecule has 0 aromatic heterocycles. The Labute approximate surface area is 140 Å². The van der Waals surface area contributed by atoms with Gasteiger partial charge in [0.25, 0.3) is 0 Å². The molecule has 1 saturated carbocycles. The summed E-state index contributed by atoms with van der Waals surface area (Å²) < 4.78 is 5.19. The van der Waals surface area contributed by atoms with Gasteiger partial charge in [-0.25, -0.2) is 0 Å². The highest BCUT2D eigenvalue weighted by Gasteiger charge is 2.55. The molecule has 0 aliphatic heterocycles. The maximum Gasteiger partial charge on any atom is 0.311 e. The first-order valence-corrected chi connectivity index (χ1v) is 9.04. The van der Waals surface area contributed by atoms with Gasteiger partial charge >= 0.3 is 5.97 Å². The number of hydrogen-bond acceptors (Lipinski definition) is 2. The van der Waals surface area contributed by atoms with Gasteiger partial charge in [-0.3, -0.25) is 4.79 Å². The lowest BCUT2D eigenvalue weighted by molar-refractivity contribution is -0.161. The molecule has 23 heavy (non-hydrogen) atoms. The molecule has 0 radical (unpaired) electrons. The van der Waals surface area contributed by atoms with E-state index in [2.05, 4.69) is 45.9 Å². The van der Waals surface area contributed by atoms with Crippen molar-refractivity contribution in [3.8, 4) is 0 Å². The number of carbonyl (C=O) groups excluding carboxylic acids is 1. The van der Waals surface area contributed by atoms with Gasteiger partial charge in [0.15, 0.2) is 0 Å². The second kappa shape index (κ2) is 5.65. The maximum atomic E-state index is 12.5. The summed E-state index contributed by atoms with van der Waals surface area (Å²) in [6.45, 7) is 9.02. The van der Waals surface area contributed by atoms with Crippen molar-refractivity contribution in [1.29, 1.82) is 0 Å². The summed E-state index contributed by atoms with van der Waals surface area (Å²) in [6.07, 6.45) is 5.42. The summed E-state index contributed by atoms with van der Waals surface area (Å²) in [5.74, 6) is 0.932. The Morgan fingerprint density at radius 1 is 1.26 bits per heavy atom. The smallest absolute Gasteiger partial charge is 0.311 e. The van der Waals surface area contributed by atoms with Crippen molar-refractivity contribution < 1.29 is 9.53 Å². The van der Waals surface area contributed by atoms with Crippen LogP contribution < -0.4 is 0 Å². The van der Waals surface area contributed by atoms with Crippen LogP contribution in [0.25, 0.3) is 0 Å². The van der Waals surface area contributed by atoms with Gasteiger partial charge < -0.3 is 4.74 Å². The summed E-state index contributed by atoms with van der Waals surface area (Å²) in [6, 6.07) is 7.05. The SMILES string of the molecule is COC(=O)C1(C)CCC[C@]2(C)c3ccc(C(C)C)cc3CC[C@@H]12. The van der Waals surface area contributed by atoms with Crippen LogP contribution in [0.4, 0.5) is 0 Å². The average molecular weight is 314 g/mol. The standard InChI is InChI=1S/C21H30O2/c1-14(2)15-7-9-17-16(13-15)8-10-18-20(17,3)11-6-12-21(18,4)19(22)23-5/h7,9,13-14,18H,6,8,10-12H2,1-5H3/t18-,20-,21?/m1/s1. The Hall–Kier alpha value is -1.31. The molecule has 126 valence electrons. The highest BCUT2D eigenvalue weighted by atomic mass is 16.5. The minimum absolute atomic E-state index is 0.0179. The molecule has 1 fully saturated rings. The van der Waals surface area contributed by atoms with E-state index < -0.39 is 0 Å². The molecule has 0 saturated heterocycles. The van der Waals surface area contributed by atoms with Crippen LogP contribution in [-0.4, -0.2) is 13.1 Å². The molecular formula is C21H30O2. The molecule has 3 atom stereocenters. The van der Waals surface area contributed by atoms with Crippen LogP contribution in [-0.2, 0) is 21.4 Å². The van der Waals surface area contributed by atoms with Crippen molar-refractivity contribution in [3.63, 3.8) is 0 Å². The lowest BCUT2D eigenvalue weighted by Crippen LogP contribution is -2.52. The topological polar surface area (TPSA) is 26.3 Å². The summed E-state index contributed by atoms with van der Waals surface area (Å²) in [5.41, 5.74) is 4.18. The fraction of sp³-hybridized carbons (Fsp3) is 0.667. The van der Waals surface area contributed by atoms with Crippen molar-refractivity contribution in [2.45, 2.75) is 71.1 Å². The highest BCUT2D eigenvalue weighted by molar-refractivity contribution is 5.77. The lowest BCUT2D eigenvalue weighted by atomic mass is 9.49. The van der Waals surface area contributed by atoms with Crippen LogP contribution >= 0.6 is 0 Å². The van der Waals surface area contributed by atoms with Crippen molar-refractivity contribution in [3.05, 3.63) is 34.9 Å². The lowest BCUT2D eigenvalue weighted by Gasteiger charge is -2.54. The van der Waals surface area contributed by atoms with Crippen LogP contribution in [0.15, 0.2) is 18.2 Å². The van der Waals surface area contributed by atoms with Crippen molar-refractivity contribution in [2.24, 2.45) is 11.3 Å². The number of fused-ring (bicyclic) bond motifs is 3. The van der Waals surface area contributed by atoms with E-state index in [4.69, 9.17) is 4.74 Å². The zero-order valence-electron chi connectivity index (χ0n) is 15.2. The first-order chi connectivity index (χ1) is 10.8. The fourth-order valence-corrected chi connectivity index (χ4v) is 5.35. The van der Waals surface area contributed by atoms with Crippen LogP contribution in [0.3, 0.4) is 0 Å². The van der Waals surface area contributed by atoms with Gasteiger partial charge in [-0.05, 0) is 66.5 Å². The van der Waals surface area contributed by atoms with E-state index >= 15 is 0 Å². The molecule has 2 aliphatic rings. The third-order valence-corrected chi connectivity index (χ3v) is 6.70. The highest BCUT2D eigenvalue weighted by Crippen LogP contribution is 2.57. The van der Waals surface area contributed by atoms with Crippen LogP contribution in [0.2, 0.25) is 0 Å². The largest absolute Gasteiger partial charge is 0.469 e. The third kappa shape index (κ3) is 2.42. The van der Waals surface area contributed by atoms with Crippen molar-refractivity contribution in [2.75, 3.05) is 7.11 Å². The van der Waals surface area contributed by atoms with E-state index in [-0.39, 0.29) is 16.8 Å². The Morgan fingerprint density at radius 2 is 2.00 bits per heavy atom. The van der Waals surface area contributed by atoms with Gasteiger partial charge in [0.1, 0.15) is 0 Å². The Morgan fingerprint density at radius 3 is 2.65 bits per heavy atom. The molecule has 0 heterocycles. The number of hydrogen-bond donors (Lipinski definition) is 0. The van der Waals surface area contributed by atoms with Crippen molar-refractivity contribution in [1.82, 2.24) is 0 Å². The number of carbonyl (C=O) groups is 1.